The first-order valence-corrected chi connectivity index (χ1v) is 8.15. The molecule has 1 aliphatic carbocycles. The number of aromatic carboxylic acids is 1. The summed E-state index contributed by atoms with van der Waals surface area (Å²) in [4.78, 5) is 20.3. The summed E-state index contributed by atoms with van der Waals surface area (Å²) < 4.78 is 0. The number of carboxylic acids is 1. The van der Waals surface area contributed by atoms with Crippen molar-refractivity contribution in [2.45, 2.75) is 69.1 Å². The van der Waals surface area contributed by atoms with Crippen LogP contribution in [0.15, 0.2) is 5.03 Å². The highest BCUT2D eigenvalue weighted by Crippen LogP contribution is 2.35. The lowest BCUT2D eigenvalue weighted by molar-refractivity contribution is 0.0690. The normalized spacial score (nSPS) is 16.6. The zero-order chi connectivity index (χ0) is 14.7. The molecule has 110 valence electrons. The Morgan fingerprint density at radius 2 is 1.90 bits per heavy atom. The predicted octanol–water partition coefficient (Wildman–Crippen LogP) is 4.03. The molecule has 0 unspecified atom stereocenters. The van der Waals surface area contributed by atoms with Gasteiger partial charge in [-0.2, -0.15) is 0 Å². The number of rotatable bonds is 4. The molecule has 1 aromatic rings. The zero-order valence-corrected chi connectivity index (χ0v) is 13.2. The molecule has 1 aromatic heterocycles. The summed E-state index contributed by atoms with van der Waals surface area (Å²) in [5, 5.41) is 10.6. The third kappa shape index (κ3) is 3.51. The summed E-state index contributed by atoms with van der Waals surface area (Å²) in [6.45, 7) is 5.83. The van der Waals surface area contributed by atoms with Gasteiger partial charge in [0.2, 0.25) is 0 Å². The number of aromatic nitrogens is 2. The second-order valence-corrected chi connectivity index (χ2v) is 6.97. The molecular weight excluding hydrogens is 272 g/mol. The van der Waals surface area contributed by atoms with E-state index in [1.807, 2.05) is 13.8 Å². The van der Waals surface area contributed by atoms with Gasteiger partial charge in [-0.25, -0.2) is 14.8 Å². The molecule has 1 saturated carbocycles. The molecule has 20 heavy (non-hydrogen) atoms. The molecule has 0 spiro atoms. The van der Waals surface area contributed by atoms with Crippen LogP contribution >= 0.6 is 11.8 Å². The molecule has 0 atom stereocenters. The van der Waals surface area contributed by atoms with Crippen molar-refractivity contribution < 1.29 is 9.90 Å². The summed E-state index contributed by atoms with van der Waals surface area (Å²) in [5.41, 5.74) is 0.861. The van der Waals surface area contributed by atoms with Crippen LogP contribution in [0.2, 0.25) is 0 Å². The maximum absolute atomic E-state index is 11.5. The minimum atomic E-state index is -0.920. The highest BCUT2D eigenvalue weighted by molar-refractivity contribution is 7.99. The van der Waals surface area contributed by atoms with Gasteiger partial charge in [0.25, 0.3) is 0 Å². The largest absolute Gasteiger partial charge is 0.478 e. The van der Waals surface area contributed by atoms with E-state index >= 15 is 0 Å². The number of nitrogens with zero attached hydrogens (tertiary/aromatic N) is 2. The van der Waals surface area contributed by atoms with Crippen LogP contribution in [0.5, 0.6) is 0 Å². The second-order valence-electron chi connectivity index (χ2n) is 5.69. The lowest BCUT2D eigenvalue weighted by Crippen LogP contribution is -2.14. The highest BCUT2D eigenvalue weighted by atomic mass is 32.2. The first-order valence-electron chi connectivity index (χ1n) is 7.27. The first kappa shape index (κ1) is 15.3. The van der Waals surface area contributed by atoms with E-state index in [0.717, 1.165) is 18.7 Å². The summed E-state index contributed by atoms with van der Waals surface area (Å²) in [6.07, 6.45) is 6.08. The molecule has 0 amide bonds. The number of carbonyl (C=O) groups is 1. The van der Waals surface area contributed by atoms with Crippen molar-refractivity contribution in [1.82, 2.24) is 9.97 Å². The van der Waals surface area contributed by atoms with Crippen LogP contribution < -0.4 is 0 Å². The molecule has 4 nitrogen and oxygen atoms in total. The summed E-state index contributed by atoms with van der Waals surface area (Å²) in [7, 11) is 0. The number of carboxylic acid groups (broad SMARTS) is 1. The molecule has 5 heteroatoms. The molecule has 1 aliphatic rings. The lowest BCUT2D eigenvalue weighted by Gasteiger charge is -2.22. The molecule has 0 saturated heterocycles. The van der Waals surface area contributed by atoms with Crippen LogP contribution in [-0.2, 0) is 0 Å². The topological polar surface area (TPSA) is 63.1 Å². The van der Waals surface area contributed by atoms with Gasteiger partial charge in [-0.05, 0) is 19.8 Å². The van der Waals surface area contributed by atoms with Crippen molar-refractivity contribution in [3.05, 3.63) is 17.1 Å². The van der Waals surface area contributed by atoms with Crippen molar-refractivity contribution in [2.75, 3.05) is 0 Å². The Balaban J connectivity index is 2.34. The minimum Gasteiger partial charge on any atom is -0.478 e. The van der Waals surface area contributed by atoms with E-state index in [-0.39, 0.29) is 11.5 Å². The van der Waals surface area contributed by atoms with Gasteiger partial charge in [-0.15, -0.1) is 11.8 Å². The van der Waals surface area contributed by atoms with Gasteiger partial charge in [0, 0.05) is 11.2 Å². The van der Waals surface area contributed by atoms with E-state index in [2.05, 4.69) is 9.97 Å². The number of thioether (sulfide) groups is 1. The minimum absolute atomic E-state index is 0.210. The molecule has 1 N–H and O–H groups in total. The standard InChI is InChI=1S/C15H22N2O2S/c1-9(2)13-16-10(3)12(15(18)19)14(17-13)20-11-7-5-4-6-8-11/h9,11H,4-8H2,1-3H3,(H,18,19). The molecule has 1 heterocycles. The van der Waals surface area contributed by atoms with Crippen molar-refractivity contribution in [3.8, 4) is 0 Å². The Kier molecular flexibility index (Phi) is 5.02. The maximum atomic E-state index is 11.5. The highest BCUT2D eigenvalue weighted by Gasteiger charge is 2.23. The SMILES string of the molecule is Cc1nc(C(C)C)nc(SC2CCCCC2)c1C(=O)O. The molecule has 1 fully saturated rings. The quantitative estimate of drug-likeness (QED) is 0.849. The Hall–Kier alpha value is -1.10. The average Bonchev–Trinajstić information content (AvgIpc) is 2.38. The third-order valence-electron chi connectivity index (χ3n) is 3.63. The average molecular weight is 294 g/mol. The van der Waals surface area contributed by atoms with Crippen LogP contribution in [0.3, 0.4) is 0 Å². The summed E-state index contributed by atoms with van der Waals surface area (Å²) in [6, 6.07) is 0. The molecule has 0 radical (unpaired) electrons. The lowest BCUT2D eigenvalue weighted by atomic mass is 10.0. The van der Waals surface area contributed by atoms with Gasteiger partial charge < -0.3 is 5.11 Å². The van der Waals surface area contributed by atoms with Gasteiger partial charge in [0.1, 0.15) is 16.4 Å². The molecule has 0 aliphatic heterocycles. The second kappa shape index (κ2) is 6.57. The molecular formula is C15H22N2O2S. The van der Waals surface area contributed by atoms with Crippen molar-refractivity contribution in [3.63, 3.8) is 0 Å². The Morgan fingerprint density at radius 1 is 1.25 bits per heavy atom. The van der Waals surface area contributed by atoms with Crippen LogP contribution in [0.4, 0.5) is 0 Å². The fraction of sp³-hybridized carbons (Fsp3) is 0.667. The van der Waals surface area contributed by atoms with Crippen LogP contribution in [0.25, 0.3) is 0 Å². The van der Waals surface area contributed by atoms with E-state index in [1.165, 1.54) is 19.3 Å². The Morgan fingerprint density at radius 3 is 2.45 bits per heavy atom. The summed E-state index contributed by atoms with van der Waals surface area (Å²) >= 11 is 1.63. The summed E-state index contributed by atoms with van der Waals surface area (Å²) in [5.74, 6) is 0.0316. The van der Waals surface area contributed by atoms with Gasteiger partial charge in [-0.1, -0.05) is 33.1 Å². The smallest absolute Gasteiger partial charge is 0.340 e. The van der Waals surface area contributed by atoms with Crippen molar-refractivity contribution in [1.29, 1.82) is 0 Å². The van der Waals surface area contributed by atoms with Gasteiger partial charge in [-0.3, -0.25) is 0 Å². The molecule has 0 aromatic carbocycles. The zero-order valence-electron chi connectivity index (χ0n) is 12.3. The molecule has 2 rings (SSSR count). The van der Waals surface area contributed by atoms with Gasteiger partial charge in [0.15, 0.2) is 0 Å². The molecule has 0 bridgehead atoms. The van der Waals surface area contributed by atoms with Gasteiger partial charge >= 0.3 is 5.97 Å². The van der Waals surface area contributed by atoms with Crippen molar-refractivity contribution >= 4 is 17.7 Å². The Bertz CT molecular complexity index is 497. The number of hydrogen-bond acceptors (Lipinski definition) is 4. The fourth-order valence-electron chi connectivity index (χ4n) is 2.50. The van der Waals surface area contributed by atoms with Crippen LogP contribution in [0.1, 0.15) is 73.7 Å². The fourth-order valence-corrected chi connectivity index (χ4v) is 3.88. The van der Waals surface area contributed by atoms with Crippen LogP contribution in [-0.4, -0.2) is 26.3 Å². The first-order chi connectivity index (χ1) is 9.49. The van der Waals surface area contributed by atoms with E-state index in [4.69, 9.17) is 0 Å². The number of aryl methyl sites for hydroxylation is 1. The van der Waals surface area contributed by atoms with Crippen LogP contribution in [0, 0.1) is 6.92 Å². The predicted molar refractivity (Wildman–Crippen MR) is 80.5 cm³/mol. The monoisotopic (exact) mass is 294 g/mol. The van der Waals surface area contributed by atoms with E-state index in [1.54, 1.807) is 18.7 Å². The van der Waals surface area contributed by atoms with E-state index in [0.29, 0.717) is 16.0 Å². The number of hydrogen-bond donors (Lipinski definition) is 1. The third-order valence-corrected chi connectivity index (χ3v) is 4.96. The van der Waals surface area contributed by atoms with Crippen molar-refractivity contribution in [2.24, 2.45) is 0 Å². The Labute approximate surface area is 124 Å². The maximum Gasteiger partial charge on any atom is 0.340 e. The van der Waals surface area contributed by atoms with E-state index in [9.17, 15) is 9.90 Å². The van der Waals surface area contributed by atoms with E-state index < -0.39 is 5.97 Å². The van der Waals surface area contributed by atoms with Gasteiger partial charge in [0.05, 0.1) is 5.69 Å².